The summed E-state index contributed by atoms with van der Waals surface area (Å²) >= 11 is 0. The zero-order valence-corrected chi connectivity index (χ0v) is 12.9. The van der Waals surface area contributed by atoms with Crippen LogP contribution in [0.5, 0.6) is 0 Å². The van der Waals surface area contributed by atoms with Gasteiger partial charge >= 0.3 is 0 Å². The highest BCUT2D eigenvalue weighted by Crippen LogP contribution is 2.28. The normalized spacial score (nSPS) is 18.2. The molecule has 0 amide bonds. The molecule has 0 unspecified atom stereocenters. The zero-order chi connectivity index (χ0) is 13.9. The van der Waals surface area contributed by atoms with Crippen LogP contribution in [0.25, 0.3) is 11.1 Å². The topological polar surface area (TPSA) is 15.3 Å². The molecule has 0 aliphatic carbocycles. The van der Waals surface area contributed by atoms with Crippen molar-refractivity contribution in [3.63, 3.8) is 0 Å². The highest BCUT2D eigenvalue weighted by molar-refractivity contribution is 5.85. The fraction of sp³-hybridized carbons (Fsp3) is 0.294. The van der Waals surface area contributed by atoms with E-state index in [0.29, 0.717) is 11.7 Å². The van der Waals surface area contributed by atoms with E-state index in [2.05, 4.69) is 29.3 Å². The van der Waals surface area contributed by atoms with Crippen molar-refractivity contribution in [2.45, 2.75) is 13.0 Å². The number of piperazine rings is 1. The summed E-state index contributed by atoms with van der Waals surface area (Å²) in [6, 6.07) is 15.8. The van der Waals surface area contributed by atoms with Crippen LogP contribution in [0.15, 0.2) is 48.5 Å². The van der Waals surface area contributed by atoms with Crippen molar-refractivity contribution in [1.29, 1.82) is 0 Å². The minimum absolute atomic E-state index is 0. The third-order valence-corrected chi connectivity index (χ3v) is 3.86. The van der Waals surface area contributed by atoms with Crippen LogP contribution < -0.4 is 10.2 Å². The third kappa shape index (κ3) is 3.36. The summed E-state index contributed by atoms with van der Waals surface area (Å²) in [6.45, 7) is 4.77. The molecule has 0 radical (unpaired) electrons. The van der Waals surface area contributed by atoms with Crippen LogP contribution in [-0.2, 0) is 0 Å². The fourth-order valence-corrected chi connectivity index (χ4v) is 2.74. The molecule has 112 valence electrons. The lowest BCUT2D eigenvalue weighted by Crippen LogP contribution is -2.50. The van der Waals surface area contributed by atoms with Crippen LogP contribution in [0.1, 0.15) is 6.92 Å². The lowest BCUT2D eigenvalue weighted by molar-refractivity contribution is 0.491. The number of hydrogen-bond donors (Lipinski definition) is 1. The molecule has 1 N–H and O–H groups in total. The number of nitrogens with one attached hydrogen (secondary N) is 1. The van der Waals surface area contributed by atoms with Crippen LogP contribution in [0.4, 0.5) is 10.1 Å². The van der Waals surface area contributed by atoms with Gasteiger partial charge in [0.1, 0.15) is 5.82 Å². The number of halogens is 2. The van der Waals surface area contributed by atoms with Gasteiger partial charge in [0, 0.05) is 25.7 Å². The number of nitrogens with zero attached hydrogens (tertiary/aromatic N) is 1. The van der Waals surface area contributed by atoms with Gasteiger partial charge in [-0.1, -0.05) is 36.4 Å². The first-order valence-corrected chi connectivity index (χ1v) is 7.08. The van der Waals surface area contributed by atoms with Gasteiger partial charge in [0.2, 0.25) is 0 Å². The van der Waals surface area contributed by atoms with E-state index in [1.165, 1.54) is 0 Å². The van der Waals surface area contributed by atoms with E-state index in [1.807, 2.05) is 30.3 Å². The molecule has 3 rings (SSSR count). The number of anilines is 1. The van der Waals surface area contributed by atoms with Gasteiger partial charge < -0.3 is 10.2 Å². The lowest BCUT2D eigenvalue weighted by Gasteiger charge is -2.36. The molecule has 1 aliphatic rings. The second-order valence-corrected chi connectivity index (χ2v) is 5.28. The van der Waals surface area contributed by atoms with Gasteiger partial charge in [-0.05, 0) is 30.2 Å². The molecule has 0 spiro atoms. The molecule has 1 saturated heterocycles. The van der Waals surface area contributed by atoms with Crippen molar-refractivity contribution >= 4 is 18.1 Å². The van der Waals surface area contributed by atoms with Crippen molar-refractivity contribution in [2.75, 3.05) is 24.5 Å². The molecule has 21 heavy (non-hydrogen) atoms. The maximum absolute atomic E-state index is 14.2. The van der Waals surface area contributed by atoms with Gasteiger partial charge in [0.15, 0.2) is 0 Å². The standard InChI is InChI=1S/C17H19FN2.ClH/c1-13-12-19-9-10-20(13)17-11-15(7-8-16(17)18)14-5-3-2-4-6-14;/h2-8,11,13,19H,9-10,12H2,1H3;1H/t13-;/m0./s1. The first kappa shape index (κ1) is 15.8. The Morgan fingerprint density at radius 1 is 1.10 bits per heavy atom. The van der Waals surface area contributed by atoms with Gasteiger partial charge in [-0.25, -0.2) is 4.39 Å². The number of benzene rings is 2. The van der Waals surface area contributed by atoms with Crippen LogP contribution >= 0.6 is 12.4 Å². The minimum Gasteiger partial charge on any atom is -0.364 e. The van der Waals surface area contributed by atoms with Gasteiger partial charge in [-0.15, -0.1) is 12.4 Å². The van der Waals surface area contributed by atoms with E-state index < -0.39 is 0 Å². The van der Waals surface area contributed by atoms with Gasteiger partial charge in [0.25, 0.3) is 0 Å². The molecule has 2 nitrogen and oxygen atoms in total. The smallest absolute Gasteiger partial charge is 0.146 e. The second-order valence-electron chi connectivity index (χ2n) is 5.28. The quantitative estimate of drug-likeness (QED) is 0.910. The molecule has 2 aromatic carbocycles. The molecular formula is C17H20ClFN2. The zero-order valence-electron chi connectivity index (χ0n) is 12.1. The Morgan fingerprint density at radius 2 is 1.86 bits per heavy atom. The van der Waals surface area contributed by atoms with Gasteiger partial charge in [0.05, 0.1) is 5.69 Å². The summed E-state index contributed by atoms with van der Waals surface area (Å²) < 4.78 is 14.2. The Bertz CT molecular complexity index is 589. The maximum Gasteiger partial charge on any atom is 0.146 e. The summed E-state index contributed by atoms with van der Waals surface area (Å²) in [4.78, 5) is 2.15. The molecule has 2 aromatic rings. The molecule has 1 atom stereocenters. The van der Waals surface area contributed by atoms with E-state index in [9.17, 15) is 4.39 Å². The monoisotopic (exact) mass is 306 g/mol. The van der Waals surface area contributed by atoms with E-state index in [-0.39, 0.29) is 18.2 Å². The lowest BCUT2D eigenvalue weighted by atomic mass is 10.0. The predicted octanol–water partition coefficient (Wildman–Crippen LogP) is 3.71. The summed E-state index contributed by atoms with van der Waals surface area (Å²) in [5.74, 6) is -0.140. The molecule has 0 saturated carbocycles. The fourth-order valence-electron chi connectivity index (χ4n) is 2.74. The van der Waals surface area contributed by atoms with Crippen molar-refractivity contribution < 1.29 is 4.39 Å². The minimum atomic E-state index is -0.140. The Hall–Kier alpha value is -1.58. The molecule has 0 bridgehead atoms. The highest BCUT2D eigenvalue weighted by Gasteiger charge is 2.21. The van der Waals surface area contributed by atoms with E-state index >= 15 is 0 Å². The molecule has 1 aliphatic heterocycles. The van der Waals surface area contributed by atoms with Gasteiger partial charge in [-0.2, -0.15) is 0 Å². The first-order valence-electron chi connectivity index (χ1n) is 7.08. The third-order valence-electron chi connectivity index (χ3n) is 3.86. The van der Waals surface area contributed by atoms with Crippen molar-refractivity contribution in [3.8, 4) is 11.1 Å². The molecule has 1 heterocycles. The SMILES string of the molecule is C[C@H]1CNCCN1c1cc(-c2ccccc2)ccc1F.Cl. The van der Waals surface area contributed by atoms with E-state index in [1.54, 1.807) is 6.07 Å². The van der Waals surface area contributed by atoms with Crippen LogP contribution in [0.2, 0.25) is 0 Å². The van der Waals surface area contributed by atoms with Crippen molar-refractivity contribution in [1.82, 2.24) is 5.32 Å². The summed E-state index contributed by atoms with van der Waals surface area (Å²) in [5.41, 5.74) is 2.89. The average molecular weight is 307 g/mol. The summed E-state index contributed by atoms with van der Waals surface area (Å²) in [5, 5.41) is 3.34. The van der Waals surface area contributed by atoms with Crippen molar-refractivity contribution in [2.24, 2.45) is 0 Å². The van der Waals surface area contributed by atoms with Crippen LogP contribution in [0.3, 0.4) is 0 Å². The Balaban J connectivity index is 0.00000161. The summed E-state index contributed by atoms with van der Waals surface area (Å²) in [6.07, 6.45) is 0. The van der Waals surface area contributed by atoms with Crippen LogP contribution in [-0.4, -0.2) is 25.7 Å². The average Bonchev–Trinajstić information content (AvgIpc) is 2.49. The van der Waals surface area contributed by atoms with Crippen molar-refractivity contribution in [3.05, 3.63) is 54.3 Å². The molecular weight excluding hydrogens is 287 g/mol. The first-order chi connectivity index (χ1) is 9.75. The molecule has 4 heteroatoms. The largest absolute Gasteiger partial charge is 0.364 e. The Morgan fingerprint density at radius 3 is 2.57 bits per heavy atom. The number of rotatable bonds is 2. The predicted molar refractivity (Wildman–Crippen MR) is 88.8 cm³/mol. The van der Waals surface area contributed by atoms with E-state index in [4.69, 9.17) is 0 Å². The summed E-state index contributed by atoms with van der Waals surface area (Å²) in [7, 11) is 0. The Kier molecular flexibility index (Phi) is 5.21. The Labute approximate surface area is 131 Å². The van der Waals surface area contributed by atoms with Crippen LogP contribution in [0, 0.1) is 5.82 Å². The number of hydrogen-bond acceptors (Lipinski definition) is 2. The van der Waals surface area contributed by atoms with E-state index in [0.717, 1.165) is 30.8 Å². The van der Waals surface area contributed by atoms with Gasteiger partial charge in [-0.3, -0.25) is 0 Å². The molecule has 0 aromatic heterocycles. The second kappa shape index (κ2) is 6.92. The maximum atomic E-state index is 14.2. The molecule has 1 fully saturated rings. The highest BCUT2D eigenvalue weighted by atomic mass is 35.5.